The van der Waals surface area contributed by atoms with Gasteiger partial charge in [-0.1, -0.05) is 12.1 Å². The number of nitrogens with zero attached hydrogens (tertiary/aromatic N) is 6. The highest BCUT2D eigenvalue weighted by molar-refractivity contribution is 6.16. The molecule has 9 heteroatoms. The van der Waals surface area contributed by atoms with E-state index in [1.165, 1.54) is 13.1 Å². The standard InChI is InChI=1S/C20H19FN6O2/c1-11-17(21)18(28)25-20(23-11)27-9-12-7-26(8-13(12)10-27)19(29)16-6-22-14-4-2-3-5-15(14)24-16/h2-6,12-13,17H,7-10H2,1H3. The highest BCUT2D eigenvalue weighted by Crippen LogP contribution is 2.32. The van der Waals surface area contributed by atoms with Crippen LogP contribution in [0.5, 0.6) is 0 Å². The molecule has 3 aliphatic heterocycles. The van der Waals surface area contributed by atoms with Gasteiger partial charge in [0, 0.05) is 38.0 Å². The lowest BCUT2D eigenvalue weighted by Gasteiger charge is -2.24. The predicted molar refractivity (Wildman–Crippen MR) is 104 cm³/mol. The van der Waals surface area contributed by atoms with Gasteiger partial charge in [0.2, 0.25) is 12.1 Å². The Morgan fingerprint density at radius 2 is 1.76 bits per heavy atom. The Labute approximate surface area is 166 Å². The number of aliphatic imine (C=N–C) groups is 2. The van der Waals surface area contributed by atoms with Crippen LogP contribution in [0.25, 0.3) is 11.0 Å². The number of amides is 2. The molecule has 0 radical (unpaired) electrons. The molecule has 148 valence electrons. The summed E-state index contributed by atoms with van der Waals surface area (Å²) in [6.07, 6.45) is -0.213. The molecule has 4 heterocycles. The lowest BCUT2D eigenvalue weighted by Crippen LogP contribution is -2.39. The zero-order valence-electron chi connectivity index (χ0n) is 15.8. The van der Waals surface area contributed by atoms with E-state index < -0.39 is 12.1 Å². The Bertz CT molecular complexity index is 1070. The first-order valence-electron chi connectivity index (χ1n) is 9.57. The molecule has 8 nitrogen and oxygen atoms in total. The van der Waals surface area contributed by atoms with Crippen molar-refractivity contribution in [3.05, 3.63) is 36.2 Å². The number of guanidine groups is 1. The van der Waals surface area contributed by atoms with Crippen molar-refractivity contribution in [2.75, 3.05) is 26.2 Å². The van der Waals surface area contributed by atoms with Crippen molar-refractivity contribution in [2.24, 2.45) is 21.8 Å². The van der Waals surface area contributed by atoms with Crippen LogP contribution >= 0.6 is 0 Å². The minimum absolute atomic E-state index is 0.122. The maximum Gasteiger partial charge on any atom is 0.289 e. The number of alkyl halides is 1. The number of hydrogen-bond donors (Lipinski definition) is 0. The summed E-state index contributed by atoms with van der Waals surface area (Å²) < 4.78 is 13.6. The van der Waals surface area contributed by atoms with Crippen LogP contribution in [-0.4, -0.2) is 75.6 Å². The van der Waals surface area contributed by atoms with Crippen molar-refractivity contribution in [1.82, 2.24) is 19.8 Å². The molecule has 1 aromatic carbocycles. The number of rotatable bonds is 1. The summed E-state index contributed by atoms with van der Waals surface area (Å²) in [5, 5.41) is 0. The van der Waals surface area contributed by atoms with Crippen LogP contribution in [0.1, 0.15) is 17.4 Å². The fourth-order valence-corrected chi connectivity index (χ4v) is 4.26. The van der Waals surface area contributed by atoms with Crippen LogP contribution in [-0.2, 0) is 4.79 Å². The molecule has 1 aromatic heterocycles. The molecule has 3 atom stereocenters. The molecule has 0 N–H and O–H groups in total. The first kappa shape index (κ1) is 17.8. The first-order valence-corrected chi connectivity index (χ1v) is 9.57. The number of halogens is 1. The van der Waals surface area contributed by atoms with Gasteiger partial charge in [0.05, 0.1) is 22.9 Å². The number of aromatic nitrogens is 2. The van der Waals surface area contributed by atoms with Gasteiger partial charge in [-0.25, -0.2) is 14.4 Å². The summed E-state index contributed by atoms with van der Waals surface area (Å²) in [5.74, 6) is -0.124. The fraction of sp³-hybridized carbons (Fsp3) is 0.400. The van der Waals surface area contributed by atoms with E-state index in [2.05, 4.69) is 20.0 Å². The van der Waals surface area contributed by atoms with Crippen molar-refractivity contribution in [1.29, 1.82) is 0 Å². The van der Waals surface area contributed by atoms with Crippen LogP contribution in [0.4, 0.5) is 4.39 Å². The smallest absolute Gasteiger partial charge is 0.289 e. The lowest BCUT2D eigenvalue weighted by molar-refractivity contribution is -0.120. The summed E-state index contributed by atoms with van der Waals surface area (Å²) in [6.45, 7) is 3.98. The molecule has 5 rings (SSSR count). The van der Waals surface area contributed by atoms with E-state index in [9.17, 15) is 14.0 Å². The summed E-state index contributed by atoms with van der Waals surface area (Å²) in [5.41, 5.74) is 1.94. The van der Waals surface area contributed by atoms with Crippen molar-refractivity contribution in [3.63, 3.8) is 0 Å². The minimum Gasteiger partial charge on any atom is -0.340 e. The zero-order valence-corrected chi connectivity index (χ0v) is 15.8. The van der Waals surface area contributed by atoms with E-state index in [0.717, 1.165) is 5.52 Å². The van der Waals surface area contributed by atoms with Gasteiger partial charge in [0.25, 0.3) is 11.8 Å². The van der Waals surface area contributed by atoms with Crippen molar-refractivity contribution in [2.45, 2.75) is 13.1 Å². The molecule has 0 aliphatic carbocycles. The van der Waals surface area contributed by atoms with Crippen molar-refractivity contribution >= 4 is 34.5 Å². The van der Waals surface area contributed by atoms with Gasteiger partial charge >= 0.3 is 0 Å². The Hall–Kier alpha value is -3.23. The average Bonchev–Trinajstić information content (AvgIpc) is 3.30. The van der Waals surface area contributed by atoms with Gasteiger partial charge < -0.3 is 9.80 Å². The minimum atomic E-state index is -1.74. The average molecular weight is 394 g/mol. The molecule has 2 amide bonds. The third kappa shape index (κ3) is 3.06. The van der Waals surface area contributed by atoms with E-state index in [-0.39, 0.29) is 29.4 Å². The van der Waals surface area contributed by atoms with E-state index in [1.807, 2.05) is 34.1 Å². The number of benzene rings is 1. The highest BCUT2D eigenvalue weighted by Gasteiger charge is 2.43. The maximum absolute atomic E-state index is 13.6. The molecule has 3 aliphatic rings. The van der Waals surface area contributed by atoms with E-state index in [4.69, 9.17) is 0 Å². The molecule has 29 heavy (non-hydrogen) atoms. The summed E-state index contributed by atoms with van der Waals surface area (Å²) in [7, 11) is 0. The summed E-state index contributed by atoms with van der Waals surface area (Å²) in [6, 6.07) is 7.45. The Kier molecular flexibility index (Phi) is 4.11. The van der Waals surface area contributed by atoms with Gasteiger partial charge in [-0.3, -0.25) is 14.6 Å². The molecule has 0 spiro atoms. The fourth-order valence-electron chi connectivity index (χ4n) is 4.26. The van der Waals surface area contributed by atoms with E-state index >= 15 is 0 Å². The lowest BCUT2D eigenvalue weighted by atomic mass is 10.0. The van der Waals surface area contributed by atoms with E-state index in [1.54, 1.807) is 0 Å². The molecule has 0 bridgehead atoms. The molecular weight excluding hydrogens is 375 g/mol. The molecular formula is C20H19FN6O2. The van der Waals surface area contributed by atoms with Gasteiger partial charge in [0.1, 0.15) is 5.69 Å². The van der Waals surface area contributed by atoms with Crippen LogP contribution in [0.2, 0.25) is 0 Å². The van der Waals surface area contributed by atoms with Gasteiger partial charge in [-0.2, -0.15) is 4.99 Å². The molecule has 3 unspecified atom stereocenters. The van der Waals surface area contributed by atoms with Crippen molar-refractivity contribution in [3.8, 4) is 0 Å². The van der Waals surface area contributed by atoms with Crippen LogP contribution in [0.3, 0.4) is 0 Å². The maximum atomic E-state index is 13.6. The van der Waals surface area contributed by atoms with Gasteiger partial charge in [-0.05, 0) is 19.1 Å². The Morgan fingerprint density at radius 1 is 1.07 bits per heavy atom. The second kappa shape index (κ2) is 6.68. The third-order valence-electron chi connectivity index (χ3n) is 5.79. The van der Waals surface area contributed by atoms with Crippen molar-refractivity contribution < 1.29 is 14.0 Å². The first-order chi connectivity index (χ1) is 14.0. The largest absolute Gasteiger partial charge is 0.340 e. The van der Waals surface area contributed by atoms with Gasteiger partial charge in [-0.15, -0.1) is 0 Å². The molecule has 2 saturated heterocycles. The van der Waals surface area contributed by atoms with Crippen LogP contribution in [0, 0.1) is 11.8 Å². The Morgan fingerprint density at radius 3 is 2.45 bits per heavy atom. The highest BCUT2D eigenvalue weighted by atomic mass is 19.1. The van der Waals surface area contributed by atoms with Crippen LogP contribution < -0.4 is 0 Å². The number of carbonyl (C=O) groups is 2. The molecule has 2 fully saturated rings. The molecule has 2 aromatic rings. The Balaban J connectivity index is 1.28. The summed E-state index contributed by atoms with van der Waals surface area (Å²) >= 11 is 0. The SMILES string of the molecule is CC1=NC(N2CC3CN(C(=O)c4cnc5ccccc5n4)CC3C2)=NC(=O)C1F. The molecule has 0 saturated carbocycles. The van der Waals surface area contributed by atoms with Gasteiger partial charge in [0.15, 0.2) is 0 Å². The number of fused-ring (bicyclic) bond motifs is 2. The normalized spacial score (nSPS) is 26.6. The topological polar surface area (TPSA) is 91.1 Å². The third-order valence-corrected chi connectivity index (χ3v) is 5.79. The predicted octanol–water partition coefficient (Wildman–Crippen LogP) is 1.33. The number of para-hydroxylation sites is 2. The van der Waals surface area contributed by atoms with Crippen LogP contribution in [0.15, 0.2) is 40.4 Å². The quantitative estimate of drug-likeness (QED) is 0.728. The second-order valence-corrected chi connectivity index (χ2v) is 7.75. The monoisotopic (exact) mass is 394 g/mol. The number of likely N-dealkylation sites (tertiary alicyclic amines) is 2. The number of hydrogen-bond acceptors (Lipinski definition) is 6. The zero-order chi connectivity index (χ0) is 20.1. The second-order valence-electron chi connectivity index (χ2n) is 7.75. The van der Waals surface area contributed by atoms with E-state index in [0.29, 0.717) is 37.4 Å². The summed E-state index contributed by atoms with van der Waals surface area (Å²) in [4.78, 5) is 45.0. The number of carbonyl (C=O) groups excluding carboxylic acids is 2.